The van der Waals surface area contributed by atoms with Crippen molar-refractivity contribution in [1.29, 1.82) is 0 Å². The molecule has 0 aromatic heterocycles. The van der Waals surface area contributed by atoms with Crippen molar-refractivity contribution in [3.8, 4) is 0 Å². The fourth-order valence-corrected chi connectivity index (χ4v) is 4.83. The minimum absolute atomic E-state index is 0.0845. The van der Waals surface area contributed by atoms with Gasteiger partial charge in [-0.25, -0.2) is 12.8 Å². The summed E-state index contributed by atoms with van der Waals surface area (Å²) in [5.74, 6) is -1.58. The Kier molecular flexibility index (Phi) is 6.65. The van der Waals surface area contributed by atoms with Crippen LogP contribution in [-0.4, -0.2) is 31.7 Å². The predicted octanol–water partition coefficient (Wildman–Crippen LogP) is 3.92. The third-order valence-electron chi connectivity index (χ3n) is 5.63. The molecule has 0 spiro atoms. The highest BCUT2D eigenvalue weighted by Gasteiger charge is 2.34. The van der Waals surface area contributed by atoms with E-state index in [1.54, 1.807) is 23.1 Å². The number of sulfonamides is 1. The second-order valence-electron chi connectivity index (χ2n) is 8.26. The Bertz CT molecular complexity index is 1310. The second-order valence-corrected chi connectivity index (χ2v) is 9.94. The molecule has 9 heteroatoms. The van der Waals surface area contributed by atoms with Gasteiger partial charge < -0.3 is 10.2 Å². The van der Waals surface area contributed by atoms with E-state index in [0.717, 1.165) is 35.4 Å². The summed E-state index contributed by atoms with van der Waals surface area (Å²) in [6, 6.07) is 18.7. The summed E-state index contributed by atoms with van der Waals surface area (Å²) in [6.45, 7) is 2.70. The molecule has 1 aliphatic heterocycles. The molecule has 0 aliphatic carbocycles. The Morgan fingerprint density at radius 2 is 1.65 bits per heavy atom. The number of nitrogens with zero attached hydrogens (tertiary/aromatic N) is 1. The summed E-state index contributed by atoms with van der Waals surface area (Å²) in [7, 11) is -3.99. The van der Waals surface area contributed by atoms with Crippen molar-refractivity contribution in [2.45, 2.75) is 24.8 Å². The maximum atomic E-state index is 13.2. The van der Waals surface area contributed by atoms with Crippen LogP contribution in [0, 0.1) is 18.7 Å². The van der Waals surface area contributed by atoms with E-state index in [4.69, 9.17) is 0 Å². The molecule has 1 unspecified atom stereocenters. The minimum atomic E-state index is -3.99. The van der Waals surface area contributed by atoms with E-state index in [1.165, 1.54) is 6.07 Å². The zero-order valence-corrected chi connectivity index (χ0v) is 19.3. The van der Waals surface area contributed by atoms with E-state index in [1.807, 2.05) is 31.2 Å². The number of carbonyl (C=O) groups excluding carboxylic acids is 2. The maximum Gasteiger partial charge on any atom is 0.261 e. The van der Waals surface area contributed by atoms with Crippen LogP contribution < -0.4 is 10.0 Å². The lowest BCUT2D eigenvalue weighted by atomic mass is 10.1. The number of para-hydroxylation sites is 2. The van der Waals surface area contributed by atoms with Crippen molar-refractivity contribution in [2.24, 2.45) is 5.92 Å². The van der Waals surface area contributed by atoms with Gasteiger partial charge in [0.15, 0.2) is 0 Å². The maximum absolute atomic E-state index is 13.2. The van der Waals surface area contributed by atoms with Gasteiger partial charge in [0.05, 0.1) is 22.2 Å². The second kappa shape index (κ2) is 9.64. The van der Waals surface area contributed by atoms with E-state index in [0.29, 0.717) is 6.54 Å². The Morgan fingerprint density at radius 3 is 2.32 bits per heavy atom. The molecule has 3 aromatic carbocycles. The number of hydrogen-bond donors (Lipinski definition) is 2. The van der Waals surface area contributed by atoms with Crippen LogP contribution in [0.2, 0.25) is 0 Å². The smallest absolute Gasteiger partial charge is 0.261 e. The molecule has 176 valence electrons. The molecule has 0 saturated carbocycles. The van der Waals surface area contributed by atoms with Crippen molar-refractivity contribution in [3.05, 3.63) is 89.7 Å². The lowest BCUT2D eigenvalue weighted by molar-refractivity contribution is -0.128. The molecule has 1 fully saturated rings. The Morgan fingerprint density at radius 1 is 1.00 bits per heavy atom. The molecule has 4 rings (SSSR count). The highest BCUT2D eigenvalue weighted by atomic mass is 32.2. The molecular formula is C25H24FN3O4S. The standard InChI is InChI=1S/C25H24FN3O4S/c1-17-6-8-18(9-7-17)15-29-16-19(14-24(29)30)25(31)27-22-4-2-3-5-23(22)28-34(32,33)21-12-10-20(26)11-13-21/h2-13,19,28H,14-16H2,1H3,(H,27,31). The van der Waals surface area contributed by atoms with Gasteiger partial charge in [-0.15, -0.1) is 0 Å². The lowest BCUT2D eigenvalue weighted by Gasteiger charge is -2.18. The van der Waals surface area contributed by atoms with Crippen LogP contribution in [-0.2, 0) is 26.2 Å². The van der Waals surface area contributed by atoms with Crippen LogP contribution in [0.1, 0.15) is 17.5 Å². The van der Waals surface area contributed by atoms with Crippen molar-refractivity contribution >= 4 is 33.2 Å². The molecule has 1 heterocycles. The van der Waals surface area contributed by atoms with Gasteiger partial charge in [0.25, 0.3) is 10.0 Å². The van der Waals surface area contributed by atoms with Crippen molar-refractivity contribution < 1.29 is 22.4 Å². The SMILES string of the molecule is Cc1ccc(CN2CC(C(=O)Nc3ccccc3NS(=O)(=O)c3ccc(F)cc3)CC2=O)cc1. The first-order valence-corrected chi connectivity index (χ1v) is 12.2. The predicted molar refractivity (Wildman–Crippen MR) is 127 cm³/mol. The molecule has 1 atom stereocenters. The highest BCUT2D eigenvalue weighted by Crippen LogP contribution is 2.27. The first kappa shape index (κ1) is 23.4. The summed E-state index contributed by atoms with van der Waals surface area (Å²) >= 11 is 0. The number of benzene rings is 3. The quantitative estimate of drug-likeness (QED) is 0.535. The van der Waals surface area contributed by atoms with E-state index in [2.05, 4.69) is 10.0 Å². The normalized spacial score (nSPS) is 15.9. The molecule has 7 nitrogen and oxygen atoms in total. The van der Waals surface area contributed by atoms with Gasteiger partial charge in [0.2, 0.25) is 11.8 Å². The number of hydrogen-bond acceptors (Lipinski definition) is 4. The first-order chi connectivity index (χ1) is 16.2. The lowest BCUT2D eigenvalue weighted by Crippen LogP contribution is -2.28. The topological polar surface area (TPSA) is 95.6 Å². The largest absolute Gasteiger partial charge is 0.338 e. The molecule has 34 heavy (non-hydrogen) atoms. The average molecular weight is 482 g/mol. The Balaban J connectivity index is 1.44. The summed E-state index contributed by atoms with van der Waals surface area (Å²) in [5.41, 5.74) is 2.55. The highest BCUT2D eigenvalue weighted by molar-refractivity contribution is 7.92. The van der Waals surface area contributed by atoms with Crippen molar-refractivity contribution in [1.82, 2.24) is 4.90 Å². The zero-order valence-electron chi connectivity index (χ0n) is 18.5. The van der Waals surface area contributed by atoms with Crippen LogP contribution in [0.3, 0.4) is 0 Å². The van der Waals surface area contributed by atoms with Gasteiger partial charge in [0, 0.05) is 19.5 Å². The number of anilines is 2. The van der Waals surface area contributed by atoms with Crippen LogP contribution in [0.4, 0.5) is 15.8 Å². The molecular weight excluding hydrogens is 457 g/mol. The molecule has 2 amide bonds. The van der Waals surface area contributed by atoms with Gasteiger partial charge in [-0.1, -0.05) is 42.0 Å². The molecule has 2 N–H and O–H groups in total. The number of rotatable bonds is 7. The fraction of sp³-hybridized carbons (Fsp3) is 0.200. The van der Waals surface area contributed by atoms with E-state index >= 15 is 0 Å². The molecule has 0 bridgehead atoms. The Hall–Kier alpha value is -3.72. The van der Waals surface area contributed by atoms with Crippen LogP contribution in [0.5, 0.6) is 0 Å². The zero-order chi connectivity index (χ0) is 24.3. The molecule has 1 aliphatic rings. The van der Waals surface area contributed by atoms with Crippen LogP contribution >= 0.6 is 0 Å². The molecule has 0 radical (unpaired) electrons. The summed E-state index contributed by atoms with van der Waals surface area (Å²) in [5, 5.41) is 2.74. The van der Waals surface area contributed by atoms with Crippen LogP contribution in [0.25, 0.3) is 0 Å². The Labute approximate surface area is 197 Å². The minimum Gasteiger partial charge on any atom is -0.338 e. The van der Waals surface area contributed by atoms with Crippen molar-refractivity contribution in [2.75, 3.05) is 16.6 Å². The van der Waals surface area contributed by atoms with Gasteiger partial charge in [-0.05, 0) is 48.9 Å². The molecule has 3 aromatic rings. The number of halogens is 1. The molecule has 1 saturated heterocycles. The number of amides is 2. The number of nitrogens with one attached hydrogen (secondary N) is 2. The number of carbonyl (C=O) groups is 2. The third-order valence-corrected chi connectivity index (χ3v) is 7.01. The number of likely N-dealkylation sites (tertiary alicyclic amines) is 1. The van der Waals surface area contributed by atoms with E-state index in [9.17, 15) is 22.4 Å². The third kappa shape index (κ3) is 5.43. The average Bonchev–Trinajstić information content (AvgIpc) is 3.17. The summed E-state index contributed by atoms with van der Waals surface area (Å²) < 4.78 is 41.0. The summed E-state index contributed by atoms with van der Waals surface area (Å²) in [6.07, 6.45) is 0.0845. The monoisotopic (exact) mass is 481 g/mol. The summed E-state index contributed by atoms with van der Waals surface area (Å²) in [4.78, 5) is 26.9. The van der Waals surface area contributed by atoms with Crippen molar-refractivity contribution in [3.63, 3.8) is 0 Å². The first-order valence-electron chi connectivity index (χ1n) is 10.7. The number of aryl methyl sites for hydroxylation is 1. The van der Waals surface area contributed by atoms with Gasteiger partial charge in [-0.2, -0.15) is 0 Å². The van der Waals surface area contributed by atoms with E-state index < -0.39 is 21.8 Å². The van der Waals surface area contributed by atoms with Gasteiger partial charge >= 0.3 is 0 Å². The van der Waals surface area contributed by atoms with Crippen LogP contribution in [0.15, 0.2) is 77.7 Å². The van der Waals surface area contributed by atoms with Gasteiger partial charge in [0.1, 0.15) is 5.82 Å². The van der Waals surface area contributed by atoms with Gasteiger partial charge in [-0.3, -0.25) is 14.3 Å². The van der Waals surface area contributed by atoms with E-state index in [-0.39, 0.29) is 41.1 Å². The fourth-order valence-electron chi connectivity index (χ4n) is 3.75.